The van der Waals surface area contributed by atoms with Crippen LogP contribution < -0.4 is 10.1 Å². The molecule has 2 aromatic carbocycles. The highest BCUT2D eigenvalue weighted by Crippen LogP contribution is 2.26. The summed E-state index contributed by atoms with van der Waals surface area (Å²) >= 11 is 3.39. The Labute approximate surface area is 142 Å². The number of halogens is 1. The molecule has 3 aromatic rings. The SMILES string of the molecule is O=C(Nc1ccccc1)c1cccnc1Oc1cccc(Br)c1. The minimum absolute atomic E-state index is 0.263. The van der Waals surface area contributed by atoms with Gasteiger partial charge in [0.2, 0.25) is 5.88 Å². The van der Waals surface area contributed by atoms with Gasteiger partial charge in [0.1, 0.15) is 11.3 Å². The van der Waals surface area contributed by atoms with Gasteiger partial charge >= 0.3 is 0 Å². The number of carbonyl (C=O) groups excluding carboxylic acids is 1. The molecular weight excluding hydrogens is 356 g/mol. The molecule has 0 aliphatic carbocycles. The molecule has 0 saturated heterocycles. The van der Waals surface area contributed by atoms with E-state index in [0.29, 0.717) is 11.3 Å². The van der Waals surface area contributed by atoms with E-state index in [1.54, 1.807) is 24.4 Å². The lowest BCUT2D eigenvalue weighted by atomic mass is 10.2. The standard InChI is InChI=1S/C18H13BrN2O2/c19-13-6-4-9-15(12-13)23-18-16(10-5-11-20-18)17(22)21-14-7-2-1-3-8-14/h1-12H,(H,21,22). The number of hydrogen-bond acceptors (Lipinski definition) is 3. The van der Waals surface area contributed by atoms with Gasteiger partial charge in [0.05, 0.1) is 0 Å². The first-order chi connectivity index (χ1) is 11.2. The van der Waals surface area contributed by atoms with Crippen molar-refractivity contribution in [1.29, 1.82) is 0 Å². The highest BCUT2D eigenvalue weighted by atomic mass is 79.9. The Kier molecular flexibility index (Phi) is 4.68. The monoisotopic (exact) mass is 368 g/mol. The van der Waals surface area contributed by atoms with Crippen LogP contribution >= 0.6 is 15.9 Å². The van der Waals surface area contributed by atoms with E-state index in [-0.39, 0.29) is 11.8 Å². The van der Waals surface area contributed by atoms with Crippen molar-refractivity contribution in [1.82, 2.24) is 4.98 Å². The number of carbonyl (C=O) groups is 1. The average Bonchev–Trinajstić information content (AvgIpc) is 2.56. The Bertz CT molecular complexity index is 822. The van der Waals surface area contributed by atoms with Crippen molar-refractivity contribution in [2.75, 3.05) is 5.32 Å². The third-order valence-corrected chi connectivity index (χ3v) is 3.55. The maximum Gasteiger partial charge on any atom is 0.261 e. The highest BCUT2D eigenvalue weighted by molar-refractivity contribution is 9.10. The number of nitrogens with zero attached hydrogens (tertiary/aromatic N) is 1. The van der Waals surface area contributed by atoms with Crippen molar-refractivity contribution >= 4 is 27.5 Å². The van der Waals surface area contributed by atoms with Gasteiger partial charge in [-0.05, 0) is 42.5 Å². The van der Waals surface area contributed by atoms with Gasteiger partial charge in [-0.15, -0.1) is 0 Å². The molecule has 0 aliphatic heterocycles. The average molecular weight is 369 g/mol. The lowest BCUT2D eigenvalue weighted by molar-refractivity contribution is 0.102. The second-order valence-corrected chi connectivity index (χ2v) is 5.65. The first kappa shape index (κ1) is 15.2. The fourth-order valence-corrected chi connectivity index (χ4v) is 2.39. The summed E-state index contributed by atoms with van der Waals surface area (Å²) in [4.78, 5) is 16.6. The summed E-state index contributed by atoms with van der Waals surface area (Å²) in [5.74, 6) is 0.597. The molecule has 23 heavy (non-hydrogen) atoms. The smallest absolute Gasteiger partial charge is 0.261 e. The summed E-state index contributed by atoms with van der Waals surface area (Å²) in [5.41, 5.74) is 1.09. The van der Waals surface area contributed by atoms with Crippen LogP contribution in [0.5, 0.6) is 11.6 Å². The van der Waals surface area contributed by atoms with Crippen molar-refractivity contribution in [2.45, 2.75) is 0 Å². The van der Waals surface area contributed by atoms with E-state index >= 15 is 0 Å². The minimum atomic E-state index is -0.269. The first-order valence-electron chi connectivity index (χ1n) is 6.97. The number of hydrogen-bond donors (Lipinski definition) is 1. The van der Waals surface area contributed by atoms with Crippen molar-refractivity contribution in [3.8, 4) is 11.6 Å². The number of amides is 1. The van der Waals surface area contributed by atoms with Crippen molar-refractivity contribution in [3.05, 3.63) is 83.0 Å². The molecule has 0 radical (unpaired) electrons. The predicted molar refractivity (Wildman–Crippen MR) is 92.8 cm³/mol. The number of benzene rings is 2. The predicted octanol–water partition coefficient (Wildman–Crippen LogP) is 4.89. The molecule has 0 aliphatic rings. The van der Waals surface area contributed by atoms with Gasteiger partial charge in [-0.25, -0.2) is 4.98 Å². The molecule has 5 heteroatoms. The molecule has 1 N–H and O–H groups in total. The topological polar surface area (TPSA) is 51.2 Å². The molecule has 1 aromatic heterocycles. The Hall–Kier alpha value is -2.66. The molecule has 1 amide bonds. The van der Waals surface area contributed by atoms with Crippen molar-refractivity contribution in [2.24, 2.45) is 0 Å². The van der Waals surface area contributed by atoms with Crippen LogP contribution in [0, 0.1) is 0 Å². The number of aromatic nitrogens is 1. The maximum atomic E-state index is 12.5. The van der Waals surface area contributed by atoms with E-state index in [1.807, 2.05) is 48.5 Å². The van der Waals surface area contributed by atoms with Gasteiger partial charge in [0.25, 0.3) is 5.91 Å². The lowest BCUT2D eigenvalue weighted by Gasteiger charge is -2.10. The third-order valence-electron chi connectivity index (χ3n) is 3.06. The summed E-state index contributed by atoms with van der Waals surface area (Å²) in [7, 11) is 0. The molecule has 0 spiro atoms. The Morgan fingerprint density at radius 3 is 2.61 bits per heavy atom. The normalized spacial score (nSPS) is 10.1. The molecule has 0 unspecified atom stereocenters. The van der Waals surface area contributed by atoms with Gasteiger partial charge < -0.3 is 10.1 Å². The van der Waals surface area contributed by atoms with Gasteiger partial charge in [-0.2, -0.15) is 0 Å². The van der Waals surface area contributed by atoms with E-state index < -0.39 is 0 Å². The number of ether oxygens (including phenoxy) is 1. The van der Waals surface area contributed by atoms with Gasteiger partial charge in [0, 0.05) is 16.4 Å². The van der Waals surface area contributed by atoms with Gasteiger partial charge in [-0.1, -0.05) is 40.2 Å². The van der Waals surface area contributed by atoms with Gasteiger partial charge in [-0.3, -0.25) is 4.79 Å². The van der Waals surface area contributed by atoms with Gasteiger partial charge in [0.15, 0.2) is 0 Å². The van der Waals surface area contributed by atoms with Crippen LogP contribution in [-0.4, -0.2) is 10.9 Å². The number of para-hydroxylation sites is 1. The van der Waals surface area contributed by atoms with Crippen LogP contribution in [0.2, 0.25) is 0 Å². The van der Waals surface area contributed by atoms with Crippen LogP contribution in [0.3, 0.4) is 0 Å². The van der Waals surface area contributed by atoms with E-state index in [2.05, 4.69) is 26.2 Å². The highest BCUT2D eigenvalue weighted by Gasteiger charge is 2.14. The fraction of sp³-hybridized carbons (Fsp3) is 0. The number of rotatable bonds is 4. The number of pyridine rings is 1. The van der Waals surface area contributed by atoms with Crippen LogP contribution in [0.25, 0.3) is 0 Å². The Morgan fingerprint density at radius 2 is 1.83 bits per heavy atom. The second kappa shape index (κ2) is 7.07. The van der Waals surface area contributed by atoms with Crippen LogP contribution in [0.15, 0.2) is 77.4 Å². The van der Waals surface area contributed by atoms with Crippen molar-refractivity contribution in [3.63, 3.8) is 0 Å². The first-order valence-corrected chi connectivity index (χ1v) is 7.76. The minimum Gasteiger partial charge on any atom is -0.438 e. The third kappa shape index (κ3) is 3.96. The summed E-state index contributed by atoms with van der Waals surface area (Å²) in [6.45, 7) is 0. The Balaban J connectivity index is 1.84. The molecule has 4 nitrogen and oxygen atoms in total. The summed E-state index contributed by atoms with van der Waals surface area (Å²) in [6.07, 6.45) is 1.59. The van der Waals surface area contributed by atoms with E-state index in [4.69, 9.17) is 4.74 Å². The summed E-state index contributed by atoms with van der Waals surface area (Å²) in [5, 5.41) is 2.83. The molecule has 114 valence electrons. The molecule has 0 saturated carbocycles. The number of nitrogens with one attached hydrogen (secondary N) is 1. The van der Waals surface area contributed by atoms with E-state index in [0.717, 1.165) is 10.2 Å². The molecule has 1 heterocycles. The second-order valence-electron chi connectivity index (χ2n) is 4.74. The van der Waals surface area contributed by atoms with E-state index in [9.17, 15) is 4.79 Å². The zero-order valence-electron chi connectivity index (χ0n) is 12.1. The van der Waals surface area contributed by atoms with E-state index in [1.165, 1.54) is 0 Å². The van der Waals surface area contributed by atoms with Crippen molar-refractivity contribution < 1.29 is 9.53 Å². The molecule has 0 atom stereocenters. The maximum absolute atomic E-state index is 12.5. The van der Waals surface area contributed by atoms with Crippen LogP contribution in [0.1, 0.15) is 10.4 Å². The molecule has 0 bridgehead atoms. The molecule has 3 rings (SSSR count). The zero-order chi connectivity index (χ0) is 16.1. The zero-order valence-corrected chi connectivity index (χ0v) is 13.7. The van der Waals surface area contributed by atoms with Crippen LogP contribution in [0.4, 0.5) is 5.69 Å². The van der Waals surface area contributed by atoms with Crippen LogP contribution in [-0.2, 0) is 0 Å². The quantitative estimate of drug-likeness (QED) is 0.713. The Morgan fingerprint density at radius 1 is 1.00 bits per heavy atom. The molecule has 0 fully saturated rings. The summed E-state index contributed by atoms with van der Waals surface area (Å²) in [6, 6.07) is 20.0. The fourth-order valence-electron chi connectivity index (χ4n) is 2.01. The number of anilines is 1. The molecular formula is C18H13BrN2O2. The largest absolute Gasteiger partial charge is 0.438 e. The lowest BCUT2D eigenvalue weighted by Crippen LogP contribution is -2.13. The summed E-state index contributed by atoms with van der Waals surface area (Å²) < 4.78 is 6.64.